The first-order chi connectivity index (χ1) is 11.8. The Morgan fingerprint density at radius 1 is 1.04 bits per heavy atom. The molecule has 0 saturated heterocycles. The maximum atomic E-state index is 13.4. The van der Waals surface area contributed by atoms with Crippen LogP contribution in [0, 0.1) is 20.1 Å². The topological polar surface area (TPSA) is 60.3 Å². The Balaban J connectivity index is 2.23. The lowest BCUT2D eigenvalue weighted by Gasteiger charge is -2.11. The molecule has 0 spiro atoms. The van der Waals surface area contributed by atoms with Crippen molar-refractivity contribution >= 4 is 45.5 Å². The Morgan fingerprint density at radius 2 is 1.64 bits per heavy atom. The zero-order valence-electron chi connectivity index (χ0n) is 12.3. The lowest BCUT2D eigenvalue weighted by atomic mass is 10.2. The fraction of sp³-hybridized carbons (Fsp3) is 0.143. The van der Waals surface area contributed by atoms with Gasteiger partial charge in [-0.25, -0.2) is 9.97 Å². The fourth-order valence-corrected chi connectivity index (χ4v) is 3.73. The normalized spacial score (nSPS) is 11.3. The van der Waals surface area contributed by atoms with E-state index in [2.05, 4.69) is 29.9 Å². The van der Waals surface area contributed by atoms with E-state index in [4.69, 9.17) is 13.1 Å². The van der Waals surface area contributed by atoms with Crippen molar-refractivity contribution in [1.82, 2.24) is 20.2 Å². The quantitative estimate of drug-likeness (QED) is 0.583. The van der Waals surface area contributed by atoms with Crippen LogP contribution >= 0.6 is 23.1 Å². The van der Waals surface area contributed by atoms with Gasteiger partial charge in [0.2, 0.25) is 0 Å². The third kappa shape index (κ3) is 3.38. The number of fused-ring (bicyclic) bond motifs is 1. The average Bonchev–Trinajstić information content (AvgIpc) is 2.96. The van der Waals surface area contributed by atoms with Crippen molar-refractivity contribution in [2.75, 3.05) is 0 Å². The summed E-state index contributed by atoms with van der Waals surface area (Å²) in [6.07, 6.45) is -4.72. The molecule has 3 aromatic rings. The first kappa shape index (κ1) is 17.1. The van der Waals surface area contributed by atoms with Crippen LogP contribution in [0.15, 0.2) is 21.5 Å². The molecule has 0 aliphatic carbocycles. The lowest BCUT2D eigenvalue weighted by molar-refractivity contribution is -0.143. The SMILES string of the molecule is [C-]#[N+]c1cc2nc(Sc3nnc(C)s3)c(C(F)(F)F)nc2cc1[N+]#[C-]. The van der Waals surface area contributed by atoms with Crippen LogP contribution in [0.25, 0.3) is 20.7 Å². The summed E-state index contributed by atoms with van der Waals surface area (Å²) < 4.78 is 40.4. The highest BCUT2D eigenvalue weighted by Crippen LogP contribution is 2.40. The second-order valence-corrected chi connectivity index (χ2v) is 7.04. The minimum atomic E-state index is -4.72. The Bertz CT molecular complexity index is 1060. The third-order valence-electron chi connectivity index (χ3n) is 2.93. The molecule has 1 aromatic carbocycles. The van der Waals surface area contributed by atoms with Crippen molar-refractivity contribution < 1.29 is 13.2 Å². The van der Waals surface area contributed by atoms with E-state index in [1.165, 1.54) is 6.07 Å². The molecule has 0 radical (unpaired) electrons. The third-order valence-corrected chi connectivity index (χ3v) is 4.80. The molecule has 6 nitrogen and oxygen atoms in total. The average molecular weight is 378 g/mol. The van der Waals surface area contributed by atoms with Crippen LogP contribution < -0.4 is 0 Å². The Hall–Kier alpha value is -2.76. The summed E-state index contributed by atoms with van der Waals surface area (Å²) >= 11 is 1.85. The van der Waals surface area contributed by atoms with Gasteiger partial charge in [0.1, 0.15) is 10.0 Å². The Morgan fingerprint density at radius 3 is 2.12 bits per heavy atom. The van der Waals surface area contributed by atoms with Gasteiger partial charge in [-0.3, -0.25) is 9.69 Å². The van der Waals surface area contributed by atoms with E-state index in [0.29, 0.717) is 21.1 Å². The maximum Gasteiger partial charge on any atom is 0.436 e. The lowest BCUT2D eigenvalue weighted by Crippen LogP contribution is -2.11. The van der Waals surface area contributed by atoms with Gasteiger partial charge in [-0.2, -0.15) is 13.2 Å². The highest BCUT2D eigenvalue weighted by Gasteiger charge is 2.37. The highest BCUT2D eigenvalue weighted by molar-refractivity contribution is 8.01. The van der Waals surface area contributed by atoms with Crippen molar-refractivity contribution in [2.24, 2.45) is 0 Å². The Labute approximate surface area is 147 Å². The summed E-state index contributed by atoms with van der Waals surface area (Å²) in [4.78, 5) is 14.0. The molecule has 2 heterocycles. The van der Waals surface area contributed by atoms with E-state index >= 15 is 0 Å². The molecule has 0 aliphatic heterocycles. The summed E-state index contributed by atoms with van der Waals surface area (Å²) in [5.74, 6) is 0. The molecule has 0 N–H and O–H groups in total. The number of alkyl halides is 3. The van der Waals surface area contributed by atoms with Crippen LogP contribution in [0.3, 0.4) is 0 Å². The van der Waals surface area contributed by atoms with Crippen molar-refractivity contribution in [1.29, 1.82) is 0 Å². The van der Waals surface area contributed by atoms with E-state index in [1.54, 1.807) is 6.92 Å². The monoisotopic (exact) mass is 378 g/mol. The number of halogens is 3. The van der Waals surface area contributed by atoms with Gasteiger partial charge in [0.25, 0.3) is 0 Å². The summed E-state index contributed by atoms with van der Waals surface area (Å²) in [6.45, 7) is 15.8. The van der Waals surface area contributed by atoms with E-state index in [0.717, 1.165) is 17.4 Å². The second-order valence-electron chi connectivity index (χ2n) is 4.62. The van der Waals surface area contributed by atoms with Gasteiger partial charge in [-0.1, -0.05) is 11.3 Å². The summed E-state index contributed by atoms with van der Waals surface area (Å²) in [6, 6.07) is 2.40. The zero-order valence-corrected chi connectivity index (χ0v) is 13.9. The number of aryl methyl sites for hydroxylation is 1. The molecule has 0 unspecified atom stereocenters. The minimum absolute atomic E-state index is 0.0132. The standard InChI is InChI=1S/C14H5F3N6S2/c1-6-22-23-13(24-6)25-12-11(14(15,16)17)20-9-4-7(18-2)8(19-3)5-10(9)21-12/h4-5H,1H3. The largest absolute Gasteiger partial charge is 0.436 e. The first-order valence-electron chi connectivity index (χ1n) is 6.47. The smallest absolute Gasteiger partial charge is 0.250 e. The predicted molar refractivity (Wildman–Crippen MR) is 85.8 cm³/mol. The molecule has 0 aliphatic rings. The summed E-state index contributed by atoms with van der Waals surface area (Å²) in [7, 11) is 0. The number of nitrogens with zero attached hydrogens (tertiary/aromatic N) is 6. The highest BCUT2D eigenvalue weighted by atomic mass is 32.2. The molecular weight excluding hydrogens is 373 g/mol. The molecular formula is C14H5F3N6S2. The van der Waals surface area contributed by atoms with E-state index in [-0.39, 0.29) is 27.4 Å². The van der Waals surface area contributed by atoms with Gasteiger partial charge < -0.3 is 0 Å². The van der Waals surface area contributed by atoms with Gasteiger partial charge in [0.15, 0.2) is 21.4 Å². The van der Waals surface area contributed by atoms with Crippen molar-refractivity contribution in [3.63, 3.8) is 0 Å². The van der Waals surface area contributed by atoms with Gasteiger partial charge in [-0.15, -0.1) is 10.2 Å². The van der Waals surface area contributed by atoms with Crippen LogP contribution in [-0.2, 0) is 6.18 Å². The van der Waals surface area contributed by atoms with Crippen LogP contribution in [-0.4, -0.2) is 20.2 Å². The predicted octanol–water partition coefficient (Wildman–Crippen LogP) is 5.06. The molecule has 11 heteroatoms. The van der Waals surface area contributed by atoms with Crippen LogP contribution in [0.4, 0.5) is 24.5 Å². The van der Waals surface area contributed by atoms with Crippen LogP contribution in [0.5, 0.6) is 0 Å². The number of benzene rings is 1. The molecule has 0 amide bonds. The van der Waals surface area contributed by atoms with Gasteiger partial charge >= 0.3 is 6.18 Å². The van der Waals surface area contributed by atoms with E-state index in [1.807, 2.05) is 0 Å². The minimum Gasteiger partial charge on any atom is -0.250 e. The number of aromatic nitrogens is 4. The van der Waals surface area contributed by atoms with Crippen molar-refractivity contribution in [2.45, 2.75) is 22.5 Å². The molecule has 3 rings (SSSR count). The molecule has 0 saturated carbocycles. The fourth-order valence-electron chi connectivity index (χ4n) is 1.90. The van der Waals surface area contributed by atoms with E-state index < -0.39 is 11.9 Å². The van der Waals surface area contributed by atoms with Crippen molar-refractivity contribution in [3.05, 3.63) is 45.7 Å². The van der Waals surface area contributed by atoms with Gasteiger partial charge in [-0.05, 0) is 30.8 Å². The summed E-state index contributed by atoms with van der Waals surface area (Å²) in [5.41, 5.74) is -1.20. The maximum absolute atomic E-state index is 13.4. The summed E-state index contributed by atoms with van der Waals surface area (Å²) in [5, 5.41) is 7.79. The second kappa shape index (κ2) is 6.27. The van der Waals surface area contributed by atoms with E-state index in [9.17, 15) is 13.2 Å². The molecule has 0 fully saturated rings. The molecule has 25 heavy (non-hydrogen) atoms. The van der Waals surface area contributed by atoms with Gasteiger partial charge in [0, 0.05) is 0 Å². The van der Waals surface area contributed by atoms with Crippen molar-refractivity contribution in [3.8, 4) is 0 Å². The van der Waals surface area contributed by atoms with Crippen LogP contribution in [0.2, 0.25) is 0 Å². The number of hydrogen-bond donors (Lipinski definition) is 0. The molecule has 124 valence electrons. The molecule has 0 atom stereocenters. The van der Waals surface area contributed by atoms with Gasteiger partial charge in [0.05, 0.1) is 24.2 Å². The number of hydrogen-bond acceptors (Lipinski definition) is 6. The molecule has 2 aromatic heterocycles. The first-order valence-corrected chi connectivity index (χ1v) is 8.11. The number of rotatable bonds is 2. The zero-order chi connectivity index (χ0) is 18.2. The van der Waals surface area contributed by atoms with Crippen LogP contribution in [0.1, 0.15) is 10.7 Å². The molecule has 0 bridgehead atoms. The Kier molecular flexibility index (Phi) is 4.29.